The van der Waals surface area contributed by atoms with Crippen molar-refractivity contribution in [3.63, 3.8) is 0 Å². The fraction of sp³-hybridized carbons (Fsp3) is 0.370. The van der Waals surface area contributed by atoms with Crippen LogP contribution in [0.1, 0.15) is 37.3 Å². The lowest BCUT2D eigenvalue weighted by Crippen LogP contribution is -2.44. The van der Waals surface area contributed by atoms with Gasteiger partial charge in [-0.1, -0.05) is 13.0 Å². The number of fused-ring (bicyclic) bond motifs is 4. The molecular weight excluding hydrogens is 472 g/mol. The number of benzene rings is 2. The van der Waals surface area contributed by atoms with Crippen LogP contribution in [0.15, 0.2) is 54.9 Å². The summed E-state index contributed by atoms with van der Waals surface area (Å²) in [5.41, 5.74) is 4.49. The highest BCUT2D eigenvalue weighted by atomic mass is 35.5. The molecule has 0 aliphatic carbocycles. The predicted molar refractivity (Wildman–Crippen MR) is 142 cm³/mol. The Balaban J connectivity index is 0.00000162. The monoisotopic (exact) mass is 503 g/mol. The normalized spacial score (nSPS) is 15.0. The van der Waals surface area contributed by atoms with Gasteiger partial charge in [0.15, 0.2) is 0 Å². The van der Waals surface area contributed by atoms with Crippen molar-refractivity contribution in [2.75, 3.05) is 19.7 Å². The van der Waals surface area contributed by atoms with E-state index in [9.17, 15) is 4.39 Å². The van der Waals surface area contributed by atoms with Gasteiger partial charge in [-0.05, 0) is 92.7 Å². The van der Waals surface area contributed by atoms with Gasteiger partial charge in [-0.3, -0.25) is 9.88 Å². The molecule has 0 radical (unpaired) electrons. The average molecular weight is 504 g/mol. The quantitative estimate of drug-likeness (QED) is 0.270. The molecule has 1 aliphatic rings. The number of nitrogens with zero attached hydrogens (tertiary/aromatic N) is 2. The van der Waals surface area contributed by atoms with Crippen molar-refractivity contribution in [3.8, 4) is 5.75 Å². The van der Waals surface area contributed by atoms with Gasteiger partial charge in [0, 0.05) is 34.7 Å². The van der Waals surface area contributed by atoms with Crippen LogP contribution in [0.3, 0.4) is 0 Å². The van der Waals surface area contributed by atoms with E-state index in [1.54, 1.807) is 6.07 Å². The molecule has 2 aromatic carbocycles. The maximum Gasteiger partial charge on any atom is 0.132 e. The molecule has 1 unspecified atom stereocenters. The minimum absolute atomic E-state index is 0. The van der Waals surface area contributed by atoms with Crippen molar-refractivity contribution in [1.29, 1.82) is 0 Å². The van der Waals surface area contributed by atoms with E-state index in [0.717, 1.165) is 79.4 Å². The minimum Gasteiger partial charge on any atom is -0.491 e. The second-order valence-electron chi connectivity index (χ2n) is 8.79. The first-order valence-corrected chi connectivity index (χ1v) is 11.7. The number of unbranched alkanes of at least 4 members (excludes halogenated alkanes) is 1. The SMILES string of the molecule is CCCN(CCCCc1c[nH]c2ccc(F)cc12)C1COc2c(ccc3ncccc23)C1.Cl.Cl. The number of hydrogen-bond acceptors (Lipinski definition) is 3. The van der Waals surface area contributed by atoms with Crippen molar-refractivity contribution >= 4 is 46.6 Å². The van der Waals surface area contributed by atoms with Gasteiger partial charge in [-0.25, -0.2) is 4.39 Å². The molecule has 5 rings (SSSR count). The number of H-pyrrole nitrogens is 1. The predicted octanol–water partition coefficient (Wildman–Crippen LogP) is 6.74. The standard InChI is InChI=1S/C27H30FN3O.2ClH/c1-2-13-31(14-4-3-6-20-17-30-26-11-9-21(28)16-24(20)26)22-15-19-8-10-25-23(7-5-12-29-25)27(19)32-18-22;;/h5,7-12,16-17,22,30H,2-4,6,13-15,18H2,1H3;2*1H. The van der Waals surface area contributed by atoms with Crippen LogP contribution in [0.25, 0.3) is 21.8 Å². The molecule has 2 aromatic heterocycles. The zero-order chi connectivity index (χ0) is 21.9. The maximum absolute atomic E-state index is 13.6. The molecule has 3 heterocycles. The number of aryl methyl sites for hydroxylation is 1. The number of pyridine rings is 1. The summed E-state index contributed by atoms with van der Waals surface area (Å²) in [4.78, 5) is 10.3. The molecule has 7 heteroatoms. The van der Waals surface area contributed by atoms with Crippen LogP contribution in [0.5, 0.6) is 5.75 Å². The Morgan fingerprint density at radius 3 is 2.82 bits per heavy atom. The van der Waals surface area contributed by atoms with Crippen LogP contribution in [0, 0.1) is 5.82 Å². The molecule has 0 fully saturated rings. The first-order chi connectivity index (χ1) is 15.7. The Hall–Kier alpha value is -2.34. The summed E-state index contributed by atoms with van der Waals surface area (Å²) in [6, 6.07) is 13.7. The highest BCUT2D eigenvalue weighted by Gasteiger charge is 2.26. The smallest absolute Gasteiger partial charge is 0.132 e. The van der Waals surface area contributed by atoms with Crippen molar-refractivity contribution in [1.82, 2.24) is 14.9 Å². The summed E-state index contributed by atoms with van der Waals surface area (Å²) in [7, 11) is 0. The van der Waals surface area contributed by atoms with E-state index in [-0.39, 0.29) is 30.6 Å². The van der Waals surface area contributed by atoms with E-state index in [1.165, 1.54) is 17.2 Å². The third kappa shape index (κ3) is 5.48. The minimum atomic E-state index is -0.173. The van der Waals surface area contributed by atoms with Gasteiger partial charge in [0.2, 0.25) is 0 Å². The van der Waals surface area contributed by atoms with Crippen molar-refractivity contribution in [2.45, 2.75) is 45.1 Å². The van der Waals surface area contributed by atoms with Gasteiger partial charge in [0.05, 0.1) is 5.52 Å². The highest BCUT2D eigenvalue weighted by Crippen LogP contribution is 2.33. The fourth-order valence-corrected chi connectivity index (χ4v) is 4.98. The van der Waals surface area contributed by atoms with E-state index in [4.69, 9.17) is 4.74 Å². The first kappa shape index (κ1) is 26.3. The highest BCUT2D eigenvalue weighted by molar-refractivity contribution is 5.87. The number of ether oxygens (including phenoxy) is 1. The Morgan fingerprint density at radius 2 is 1.97 bits per heavy atom. The molecule has 4 nitrogen and oxygen atoms in total. The lowest BCUT2D eigenvalue weighted by molar-refractivity contribution is 0.118. The lowest BCUT2D eigenvalue weighted by atomic mass is 9.98. The molecule has 34 heavy (non-hydrogen) atoms. The van der Waals surface area contributed by atoms with Crippen molar-refractivity contribution < 1.29 is 9.13 Å². The number of hydrogen-bond donors (Lipinski definition) is 1. The zero-order valence-corrected chi connectivity index (χ0v) is 21.1. The molecule has 1 aliphatic heterocycles. The molecule has 0 saturated carbocycles. The number of aromatic amines is 1. The maximum atomic E-state index is 13.6. The van der Waals surface area contributed by atoms with Crippen LogP contribution in [-0.2, 0) is 12.8 Å². The molecule has 4 aromatic rings. The zero-order valence-electron chi connectivity index (χ0n) is 19.4. The second kappa shape index (κ2) is 11.9. The summed E-state index contributed by atoms with van der Waals surface area (Å²) >= 11 is 0. The Bertz CT molecular complexity index is 1230. The largest absolute Gasteiger partial charge is 0.491 e. The molecule has 0 spiro atoms. The van der Waals surface area contributed by atoms with Crippen LogP contribution in [-0.4, -0.2) is 40.6 Å². The van der Waals surface area contributed by atoms with Gasteiger partial charge >= 0.3 is 0 Å². The van der Waals surface area contributed by atoms with Crippen LogP contribution in [0.4, 0.5) is 4.39 Å². The Labute approximate surface area is 212 Å². The van der Waals surface area contributed by atoms with E-state index in [1.807, 2.05) is 24.5 Å². The van der Waals surface area contributed by atoms with Gasteiger partial charge < -0.3 is 9.72 Å². The molecule has 182 valence electrons. The van der Waals surface area contributed by atoms with Crippen LogP contribution >= 0.6 is 24.8 Å². The van der Waals surface area contributed by atoms with Gasteiger partial charge in [-0.2, -0.15) is 0 Å². The van der Waals surface area contributed by atoms with Crippen molar-refractivity contribution in [3.05, 3.63) is 71.8 Å². The molecule has 1 atom stereocenters. The summed E-state index contributed by atoms with van der Waals surface area (Å²) in [5.74, 6) is 0.837. The first-order valence-electron chi connectivity index (χ1n) is 11.7. The van der Waals surface area contributed by atoms with E-state index >= 15 is 0 Å². The summed E-state index contributed by atoms with van der Waals surface area (Å²) in [6.45, 7) is 5.10. The summed E-state index contributed by atoms with van der Waals surface area (Å²) in [5, 5.41) is 2.12. The summed E-state index contributed by atoms with van der Waals surface area (Å²) in [6.07, 6.45) is 9.17. The third-order valence-electron chi connectivity index (χ3n) is 6.59. The molecule has 0 amide bonds. The Morgan fingerprint density at radius 1 is 1.09 bits per heavy atom. The lowest BCUT2D eigenvalue weighted by Gasteiger charge is -2.35. The number of rotatable bonds is 8. The van der Waals surface area contributed by atoms with Gasteiger partial charge in [-0.15, -0.1) is 24.8 Å². The average Bonchev–Trinajstić information content (AvgIpc) is 3.22. The molecule has 0 bridgehead atoms. The van der Waals surface area contributed by atoms with Crippen molar-refractivity contribution in [2.24, 2.45) is 0 Å². The topological polar surface area (TPSA) is 41.2 Å². The van der Waals surface area contributed by atoms with E-state index in [0.29, 0.717) is 6.04 Å². The second-order valence-corrected chi connectivity index (χ2v) is 8.79. The molecule has 1 N–H and O–H groups in total. The number of nitrogens with one attached hydrogen (secondary N) is 1. The number of aromatic nitrogens is 2. The number of halogens is 3. The van der Waals surface area contributed by atoms with Gasteiger partial charge in [0.25, 0.3) is 0 Å². The summed E-state index contributed by atoms with van der Waals surface area (Å²) < 4.78 is 19.9. The fourth-order valence-electron chi connectivity index (χ4n) is 4.98. The van der Waals surface area contributed by atoms with Gasteiger partial charge in [0.1, 0.15) is 18.2 Å². The third-order valence-corrected chi connectivity index (χ3v) is 6.59. The molecular formula is C27H32Cl2FN3O. The van der Waals surface area contributed by atoms with Crippen LogP contribution < -0.4 is 4.74 Å². The van der Waals surface area contributed by atoms with E-state index < -0.39 is 0 Å². The Kier molecular flexibility index (Phi) is 9.17. The van der Waals surface area contributed by atoms with E-state index in [2.05, 4.69) is 40.0 Å². The molecule has 0 saturated heterocycles. The van der Waals surface area contributed by atoms with Crippen LogP contribution in [0.2, 0.25) is 0 Å².